The van der Waals surface area contributed by atoms with Crippen molar-refractivity contribution < 1.29 is 24.3 Å². The van der Waals surface area contributed by atoms with E-state index in [1.54, 1.807) is 24.3 Å². The molecule has 0 aliphatic rings. The molecule has 9 nitrogen and oxygen atoms in total. The number of nitro groups is 1. The number of nitrogens with zero attached hydrogens (tertiary/aromatic N) is 2. The van der Waals surface area contributed by atoms with E-state index in [-0.39, 0.29) is 17.2 Å². The van der Waals surface area contributed by atoms with Gasteiger partial charge in [0.05, 0.1) is 17.7 Å². The quantitative estimate of drug-likeness (QED) is 0.404. The Kier molecular flexibility index (Phi) is 6.95. The molecular weight excluding hydrogens is 378 g/mol. The second kappa shape index (κ2) is 9.39. The predicted octanol–water partition coefficient (Wildman–Crippen LogP) is 2.88. The molecule has 1 amide bonds. The molecule has 0 fully saturated rings. The van der Waals surface area contributed by atoms with Gasteiger partial charge in [-0.1, -0.05) is 23.7 Å². The van der Waals surface area contributed by atoms with Crippen LogP contribution in [0.2, 0.25) is 5.02 Å². The van der Waals surface area contributed by atoms with E-state index in [1.165, 1.54) is 6.07 Å². The molecule has 0 radical (unpaired) electrons. The summed E-state index contributed by atoms with van der Waals surface area (Å²) in [4.78, 5) is 21.9. The van der Waals surface area contributed by atoms with Crippen LogP contribution in [-0.2, 0) is 4.79 Å². The molecule has 2 aromatic rings. The summed E-state index contributed by atoms with van der Waals surface area (Å²) in [6, 6.07) is 9.17. The number of phenolic OH excluding ortho intramolecular Hbond substituents is 1. The lowest BCUT2D eigenvalue weighted by Crippen LogP contribution is -2.24. The number of carbonyl (C=O) groups is 1. The van der Waals surface area contributed by atoms with Crippen LogP contribution in [0.25, 0.3) is 0 Å². The predicted molar refractivity (Wildman–Crippen MR) is 98.6 cm³/mol. The number of nitro benzene ring substituents is 1. The molecule has 0 atom stereocenters. The number of hydrogen-bond donors (Lipinski definition) is 2. The van der Waals surface area contributed by atoms with Crippen LogP contribution < -0.4 is 14.9 Å². The molecule has 0 aliphatic heterocycles. The van der Waals surface area contributed by atoms with Crippen molar-refractivity contribution in [3.8, 4) is 17.2 Å². The highest BCUT2D eigenvalue weighted by Gasteiger charge is 2.17. The van der Waals surface area contributed by atoms with E-state index in [9.17, 15) is 20.0 Å². The van der Waals surface area contributed by atoms with Crippen LogP contribution >= 0.6 is 11.6 Å². The molecular formula is C17H16ClN3O6. The fourth-order valence-electron chi connectivity index (χ4n) is 2.04. The summed E-state index contributed by atoms with van der Waals surface area (Å²) in [5.41, 5.74) is 1.61. The topological polar surface area (TPSA) is 123 Å². The van der Waals surface area contributed by atoms with Crippen molar-refractivity contribution in [2.24, 2.45) is 5.10 Å². The van der Waals surface area contributed by atoms with Crippen LogP contribution in [0.1, 0.15) is 12.5 Å². The Morgan fingerprint density at radius 1 is 1.33 bits per heavy atom. The third-order valence-corrected chi connectivity index (χ3v) is 3.40. The molecule has 0 aromatic heterocycles. The average Bonchev–Trinajstić information content (AvgIpc) is 2.63. The third-order valence-electron chi connectivity index (χ3n) is 3.18. The van der Waals surface area contributed by atoms with Gasteiger partial charge in [-0.15, -0.1) is 0 Å². The second-order valence-electron chi connectivity index (χ2n) is 5.08. The van der Waals surface area contributed by atoms with E-state index in [1.807, 2.05) is 6.92 Å². The molecule has 0 unspecified atom stereocenters. The summed E-state index contributed by atoms with van der Waals surface area (Å²) in [7, 11) is 0. The monoisotopic (exact) mass is 393 g/mol. The zero-order chi connectivity index (χ0) is 19.8. The van der Waals surface area contributed by atoms with Crippen LogP contribution in [0.15, 0.2) is 41.5 Å². The first kappa shape index (κ1) is 20.0. The standard InChI is InChI=1S/C17H16ClN3O6/c1-2-26-14-5-3-4-6-15(14)27-10-16(22)20-19-9-11-7-12(18)8-13(17(11)23)21(24)25/h3-9,23H,2,10H2,1H3,(H,20,22)/b19-9+. The smallest absolute Gasteiger partial charge is 0.312 e. The van der Waals surface area contributed by atoms with Gasteiger partial charge in [0.1, 0.15) is 0 Å². The Balaban J connectivity index is 1.97. The van der Waals surface area contributed by atoms with Gasteiger partial charge in [-0.2, -0.15) is 5.10 Å². The lowest BCUT2D eigenvalue weighted by atomic mass is 10.2. The van der Waals surface area contributed by atoms with Crippen LogP contribution in [0.4, 0.5) is 5.69 Å². The van der Waals surface area contributed by atoms with Gasteiger partial charge in [-0.3, -0.25) is 14.9 Å². The molecule has 2 aromatic carbocycles. The van der Waals surface area contributed by atoms with E-state index in [2.05, 4.69) is 10.5 Å². The van der Waals surface area contributed by atoms with Gasteiger partial charge in [0, 0.05) is 16.7 Å². The number of amides is 1. The first-order valence-corrected chi connectivity index (χ1v) is 8.13. The van der Waals surface area contributed by atoms with E-state index < -0.39 is 22.3 Å². The number of benzene rings is 2. The Morgan fingerprint density at radius 2 is 2.00 bits per heavy atom. The van der Waals surface area contributed by atoms with Crippen molar-refractivity contribution in [1.29, 1.82) is 0 Å². The number of para-hydroxylation sites is 2. The molecule has 0 saturated carbocycles. The Morgan fingerprint density at radius 3 is 2.63 bits per heavy atom. The minimum Gasteiger partial charge on any atom is -0.502 e. The van der Waals surface area contributed by atoms with E-state index in [4.69, 9.17) is 21.1 Å². The fraction of sp³-hybridized carbons (Fsp3) is 0.176. The second-order valence-corrected chi connectivity index (χ2v) is 5.52. The summed E-state index contributed by atoms with van der Waals surface area (Å²) in [6.45, 7) is 1.95. The first-order valence-electron chi connectivity index (χ1n) is 7.75. The molecule has 2 rings (SSSR count). The van der Waals surface area contributed by atoms with E-state index >= 15 is 0 Å². The largest absolute Gasteiger partial charge is 0.502 e. The summed E-state index contributed by atoms with van der Waals surface area (Å²) < 4.78 is 10.8. The minimum atomic E-state index is -0.777. The molecule has 2 N–H and O–H groups in total. The summed E-state index contributed by atoms with van der Waals surface area (Å²) in [5, 5.41) is 24.4. The molecule has 27 heavy (non-hydrogen) atoms. The van der Waals surface area contributed by atoms with Crippen molar-refractivity contribution >= 4 is 29.4 Å². The Bertz CT molecular complexity index is 872. The van der Waals surface area contributed by atoms with Gasteiger partial charge >= 0.3 is 5.69 Å². The highest BCUT2D eigenvalue weighted by molar-refractivity contribution is 6.31. The summed E-state index contributed by atoms with van der Waals surface area (Å²) >= 11 is 5.77. The van der Waals surface area contributed by atoms with Gasteiger partial charge in [0.25, 0.3) is 5.91 Å². The number of hydrazone groups is 1. The number of nitrogens with one attached hydrogen (secondary N) is 1. The number of ether oxygens (including phenoxy) is 2. The normalized spacial score (nSPS) is 10.6. The van der Waals surface area contributed by atoms with Crippen molar-refractivity contribution in [2.75, 3.05) is 13.2 Å². The Hall–Kier alpha value is -3.33. The zero-order valence-corrected chi connectivity index (χ0v) is 15.0. The maximum absolute atomic E-state index is 11.8. The zero-order valence-electron chi connectivity index (χ0n) is 14.2. The number of phenols is 1. The summed E-state index contributed by atoms with van der Waals surface area (Å²) in [6.07, 6.45) is 1.04. The lowest BCUT2D eigenvalue weighted by Gasteiger charge is -2.10. The van der Waals surface area contributed by atoms with Crippen LogP contribution in [0, 0.1) is 10.1 Å². The molecule has 0 aliphatic carbocycles. The third kappa shape index (κ3) is 5.58. The van der Waals surface area contributed by atoms with Gasteiger partial charge in [-0.05, 0) is 25.1 Å². The van der Waals surface area contributed by atoms with Crippen molar-refractivity contribution in [3.05, 3.63) is 57.1 Å². The highest BCUT2D eigenvalue weighted by Crippen LogP contribution is 2.32. The van der Waals surface area contributed by atoms with Crippen molar-refractivity contribution in [3.63, 3.8) is 0 Å². The SMILES string of the molecule is CCOc1ccccc1OCC(=O)N/N=C/c1cc(Cl)cc([N+](=O)[O-])c1O. The maximum Gasteiger partial charge on any atom is 0.312 e. The molecule has 0 saturated heterocycles. The van der Waals surface area contributed by atoms with E-state index in [0.717, 1.165) is 12.3 Å². The number of hydrogen-bond acceptors (Lipinski definition) is 7. The maximum atomic E-state index is 11.8. The molecule has 0 bridgehead atoms. The van der Waals surface area contributed by atoms with Gasteiger partial charge in [0.15, 0.2) is 18.1 Å². The Labute approximate surface area is 159 Å². The van der Waals surface area contributed by atoms with E-state index in [0.29, 0.717) is 18.1 Å². The average molecular weight is 394 g/mol. The summed E-state index contributed by atoms with van der Waals surface area (Å²) in [5.74, 6) is -0.271. The van der Waals surface area contributed by atoms with Crippen molar-refractivity contribution in [1.82, 2.24) is 5.43 Å². The first-order chi connectivity index (χ1) is 12.9. The number of halogens is 1. The molecule has 0 spiro atoms. The van der Waals surface area contributed by atoms with Crippen LogP contribution in [-0.4, -0.2) is 35.4 Å². The fourth-order valence-corrected chi connectivity index (χ4v) is 2.26. The molecule has 10 heteroatoms. The van der Waals surface area contributed by atoms with Gasteiger partial charge in [0.2, 0.25) is 5.75 Å². The lowest BCUT2D eigenvalue weighted by molar-refractivity contribution is -0.385. The number of aromatic hydroxyl groups is 1. The molecule has 142 valence electrons. The molecule has 0 heterocycles. The van der Waals surface area contributed by atoms with Crippen LogP contribution in [0.3, 0.4) is 0 Å². The minimum absolute atomic E-state index is 0.0166. The number of rotatable bonds is 8. The van der Waals surface area contributed by atoms with Gasteiger partial charge < -0.3 is 14.6 Å². The van der Waals surface area contributed by atoms with Crippen LogP contribution in [0.5, 0.6) is 17.2 Å². The van der Waals surface area contributed by atoms with Crippen molar-refractivity contribution in [2.45, 2.75) is 6.92 Å². The number of carbonyl (C=O) groups excluding carboxylic acids is 1. The van der Waals surface area contributed by atoms with Gasteiger partial charge in [-0.25, -0.2) is 5.43 Å². The highest BCUT2D eigenvalue weighted by atomic mass is 35.5.